The molecule has 1 heterocycles. The lowest BCUT2D eigenvalue weighted by atomic mass is 10.1. The van der Waals surface area contributed by atoms with Crippen molar-refractivity contribution in [1.29, 1.82) is 0 Å². The number of carbonyl (C=O) groups excluding carboxylic acids is 2. The van der Waals surface area contributed by atoms with Crippen LogP contribution in [0.4, 0.5) is 5.69 Å². The molecule has 1 fully saturated rings. The quantitative estimate of drug-likeness (QED) is 0.530. The third-order valence-electron chi connectivity index (χ3n) is 5.69. The zero-order chi connectivity index (χ0) is 23.5. The van der Waals surface area contributed by atoms with Crippen molar-refractivity contribution in [3.63, 3.8) is 0 Å². The summed E-state index contributed by atoms with van der Waals surface area (Å²) in [4.78, 5) is 29.3. The number of carbonyl (C=O) groups is 2. The lowest BCUT2D eigenvalue weighted by Gasteiger charge is -2.26. The van der Waals surface area contributed by atoms with E-state index < -0.39 is 0 Å². The lowest BCUT2D eigenvalue weighted by molar-refractivity contribution is -0.122. The molecule has 3 rings (SSSR count). The minimum atomic E-state index is -0.122. The third-order valence-corrected chi connectivity index (χ3v) is 5.69. The zero-order valence-corrected chi connectivity index (χ0v) is 19.7. The number of rotatable bonds is 11. The van der Waals surface area contributed by atoms with Gasteiger partial charge in [0.2, 0.25) is 5.91 Å². The van der Waals surface area contributed by atoms with Gasteiger partial charge < -0.3 is 19.7 Å². The highest BCUT2D eigenvalue weighted by molar-refractivity contribution is 5.94. The van der Waals surface area contributed by atoms with Crippen LogP contribution in [0.25, 0.3) is 0 Å². The van der Waals surface area contributed by atoms with Crippen molar-refractivity contribution in [1.82, 2.24) is 10.2 Å². The Balaban J connectivity index is 1.57. The monoisotopic (exact) mass is 453 g/mol. The average Bonchev–Trinajstić information content (AvgIpc) is 2.82. The molecule has 0 saturated carbocycles. The van der Waals surface area contributed by atoms with Crippen LogP contribution in [0.5, 0.6) is 0 Å². The van der Waals surface area contributed by atoms with Gasteiger partial charge in [-0.25, -0.2) is 0 Å². The summed E-state index contributed by atoms with van der Waals surface area (Å²) >= 11 is 0. The van der Waals surface area contributed by atoms with Crippen LogP contribution in [0.2, 0.25) is 0 Å². The van der Waals surface area contributed by atoms with Crippen molar-refractivity contribution in [2.24, 2.45) is 0 Å². The van der Waals surface area contributed by atoms with Gasteiger partial charge in [-0.2, -0.15) is 0 Å². The van der Waals surface area contributed by atoms with Crippen LogP contribution in [0.3, 0.4) is 0 Å². The number of hydrogen-bond acceptors (Lipinski definition) is 5. The van der Waals surface area contributed by atoms with Crippen molar-refractivity contribution in [3.8, 4) is 0 Å². The first-order chi connectivity index (χ1) is 16.0. The Morgan fingerprint density at radius 2 is 1.85 bits per heavy atom. The van der Waals surface area contributed by atoms with Gasteiger partial charge in [0.05, 0.1) is 26.2 Å². The average molecular weight is 454 g/mol. The number of nitrogens with one attached hydrogen (secondary N) is 1. The molecule has 0 radical (unpaired) electrons. The number of ether oxygens (including phenoxy) is 2. The molecule has 0 bridgehead atoms. The summed E-state index contributed by atoms with van der Waals surface area (Å²) in [6, 6.07) is 15.7. The number of aryl methyl sites for hydroxylation is 1. The van der Waals surface area contributed by atoms with Crippen LogP contribution in [-0.2, 0) is 32.0 Å². The van der Waals surface area contributed by atoms with Gasteiger partial charge in [-0.05, 0) is 43.1 Å². The van der Waals surface area contributed by atoms with Crippen LogP contribution in [0, 0.1) is 6.92 Å². The van der Waals surface area contributed by atoms with E-state index in [0.29, 0.717) is 13.1 Å². The first-order valence-corrected chi connectivity index (χ1v) is 11.6. The normalized spacial score (nSPS) is 14.1. The molecule has 1 N–H and O–H groups in total. The smallest absolute Gasteiger partial charge is 0.253 e. The summed E-state index contributed by atoms with van der Waals surface area (Å²) < 4.78 is 10.5. The van der Waals surface area contributed by atoms with Crippen molar-refractivity contribution < 1.29 is 19.1 Å². The van der Waals surface area contributed by atoms with Crippen molar-refractivity contribution in [2.45, 2.75) is 26.3 Å². The summed E-state index contributed by atoms with van der Waals surface area (Å²) in [7, 11) is 1.52. The maximum absolute atomic E-state index is 12.8. The van der Waals surface area contributed by atoms with Crippen molar-refractivity contribution >= 4 is 17.5 Å². The van der Waals surface area contributed by atoms with Gasteiger partial charge >= 0.3 is 0 Å². The van der Waals surface area contributed by atoms with E-state index in [2.05, 4.69) is 10.2 Å². The van der Waals surface area contributed by atoms with Crippen LogP contribution < -0.4 is 10.2 Å². The second-order valence-electron chi connectivity index (χ2n) is 8.40. The van der Waals surface area contributed by atoms with E-state index in [4.69, 9.17) is 9.47 Å². The molecule has 7 heteroatoms. The zero-order valence-electron chi connectivity index (χ0n) is 19.7. The Labute approximate surface area is 196 Å². The summed E-state index contributed by atoms with van der Waals surface area (Å²) in [5.41, 5.74) is 3.84. The molecular weight excluding hydrogens is 418 g/mol. The summed E-state index contributed by atoms with van der Waals surface area (Å²) in [6.45, 7) is 7.60. The third kappa shape index (κ3) is 8.28. The van der Waals surface area contributed by atoms with Crippen LogP contribution in [0.1, 0.15) is 23.1 Å². The molecule has 0 aromatic heterocycles. The van der Waals surface area contributed by atoms with Crippen LogP contribution in [0.15, 0.2) is 48.5 Å². The van der Waals surface area contributed by atoms with Crippen molar-refractivity contribution in [3.05, 3.63) is 65.2 Å². The maximum atomic E-state index is 12.8. The standard InChI is InChI=1S/C26H35N3O4/c1-21-7-9-22(10-8-21)19-29(26(31)20-32-2)24-6-3-5-23(17-24)18-25(30)27-11-4-12-28-13-15-33-16-14-28/h3,5-10,17H,4,11-16,18-20H2,1-2H3,(H,27,30). The molecule has 0 aliphatic carbocycles. The van der Waals surface area contributed by atoms with Crippen LogP contribution >= 0.6 is 0 Å². The Morgan fingerprint density at radius 3 is 2.58 bits per heavy atom. The SMILES string of the molecule is COCC(=O)N(Cc1ccc(C)cc1)c1cccc(CC(=O)NCCCN2CCOCC2)c1. The Hall–Kier alpha value is -2.74. The van der Waals surface area contributed by atoms with Gasteiger partial charge in [0.1, 0.15) is 6.61 Å². The van der Waals surface area contributed by atoms with Gasteiger partial charge in [0, 0.05) is 32.4 Å². The van der Waals surface area contributed by atoms with Gasteiger partial charge in [0.15, 0.2) is 0 Å². The van der Waals surface area contributed by atoms with Gasteiger partial charge in [-0.1, -0.05) is 42.0 Å². The molecule has 0 atom stereocenters. The number of benzene rings is 2. The van der Waals surface area contributed by atoms with E-state index in [0.717, 1.165) is 56.1 Å². The molecule has 33 heavy (non-hydrogen) atoms. The maximum Gasteiger partial charge on any atom is 0.253 e. The number of morpholine rings is 1. The van der Waals surface area contributed by atoms with Crippen molar-refractivity contribution in [2.75, 3.05) is 58.0 Å². The fourth-order valence-electron chi connectivity index (χ4n) is 3.84. The van der Waals surface area contributed by atoms with E-state index in [-0.39, 0.29) is 24.8 Å². The Morgan fingerprint density at radius 1 is 1.09 bits per heavy atom. The van der Waals surface area contributed by atoms with E-state index in [1.54, 1.807) is 4.90 Å². The first kappa shape index (κ1) is 24.9. The molecule has 2 amide bonds. The summed E-state index contributed by atoms with van der Waals surface area (Å²) in [5, 5.41) is 3.01. The number of methoxy groups -OCH3 is 1. The summed E-state index contributed by atoms with van der Waals surface area (Å²) in [5.74, 6) is -0.134. The fraction of sp³-hybridized carbons (Fsp3) is 0.462. The minimum Gasteiger partial charge on any atom is -0.379 e. The second kappa shape index (κ2) is 13.1. The largest absolute Gasteiger partial charge is 0.379 e. The molecule has 7 nitrogen and oxygen atoms in total. The molecule has 0 spiro atoms. The van der Waals surface area contributed by atoms with E-state index in [9.17, 15) is 9.59 Å². The van der Waals surface area contributed by atoms with E-state index in [1.807, 2.05) is 55.5 Å². The highest BCUT2D eigenvalue weighted by atomic mass is 16.5. The lowest BCUT2D eigenvalue weighted by Crippen LogP contribution is -2.38. The van der Waals surface area contributed by atoms with E-state index >= 15 is 0 Å². The number of amides is 2. The fourth-order valence-corrected chi connectivity index (χ4v) is 3.84. The highest BCUT2D eigenvalue weighted by Crippen LogP contribution is 2.20. The molecule has 1 saturated heterocycles. The number of hydrogen-bond donors (Lipinski definition) is 1. The molecule has 1 aliphatic heterocycles. The summed E-state index contributed by atoms with van der Waals surface area (Å²) in [6.07, 6.45) is 1.20. The predicted molar refractivity (Wildman–Crippen MR) is 129 cm³/mol. The molecule has 1 aliphatic rings. The van der Waals surface area contributed by atoms with Gasteiger partial charge in [-0.15, -0.1) is 0 Å². The second-order valence-corrected chi connectivity index (χ2v) is 8.40. The topological polar surface area (TPSA) is 71.1 Å². The van der Waals surface area contributed by atoms with Crippen LogP contribution in [-0.4, -0.2) is 69.8 Å². The molecule has 178 valence electrons. The number of nitrogens with zero attached hydrogens (tertiary/aromatic N) is 2. The molecule has 2 aromatic carbocycles. The number of anilines is 1. The predicted octanol–water partition coefficient (Wildman–Crippen LogP) is 2.56. The highest BCUT2D eigenvalue weighted by Gasteiger charge is 2.17. The Bertz CT molecular complexity index is 895. The molecule has 2 aromatic rings. The molecule has 0 unspecified atom stereocenters. The Kier molecular flexibility index (Phi) is 9.87. The van der Waals surface area contributed by atoms with Gasteiger partial charge in [0.25, 0.3) is 5.91 Å². The minimum absolute atomic E-state index is 0.000280. The molecular formula is C26H35N3O4. The first-order valence-electron chi connectivity index (χ1n) is 11.6. The van der Waals surface area contributed by atoms with Gasteiger partial charge in [-0.3, -0.25) is 14.5 Å². The van der Waals surface area contributed by atoms with E-state index in [1.165, 1.54) is 12.7 Å².